The fourth-order valence-electron chi connectivity index (χ4n) is 2.01. The lowest BCUT2D eigenvalue weighted by Crippen LogP contribution is -2.44. The molecule has 0 amide bonds. The first kappa shape index (κ1) is 18.6. The second-order valence-corrected chi connectivity index (χ2v) is 8.45. The third kappa shape index (κ3) is 6.88. The number of nitrogens with zero attached hydrogens (tertiary/aromatic N) is 1. The smallest absolute Gasteiger partial charge is 0.279 e. The van der Waals surface area contributed by atoms with Gasteiger partial charge in [0.25, 0.3) is 10.2 Å². The molecule has 1 heterocycles. The number of thiophene rings is 1. The van der Waals surface area contributed by atoms with Gasteiger partial charge in [-0.05, 0) is 51.9 Å². The molecular weight excluding hydrogens is 306 g/mol. The minimum absolute atomic E-state index is 0.107. The lowest BCUT2D eigenvalue weighted by Gasteiger charge is -2.21. The molecule has 0 aromatic carbocycles. The largest absolute Gasteiger partial charge is 0.317 e. The number of hydrogen-bond donors (Lipinski definition) is 2. The summed E-state index contributed by atoms with van der Waals surface area (Å²) in [7, 11) is -1.78. The minimum Gasteiger partial charge on any atom is -0.317 e. The topological polar surface area (TPSA) is 61.4 Å². The van der Waals surface area contributed by atoms with E-state index >= 15 is 0 Å². The third-order valence-corrected chi connectivity index (χ3v) is 5.87. The van der Waals surface area contributed by atoms with Gasteiger partial charge in [-0.1, -0.05) is 6.92 Å². The van der Waals surface area contributed by atoms with Gasteiger partial charge in [0, 0.05) is 29.4 Å². The third-order valence-electron chi connectivity index (χ3n) is 3.14. The van der Waals surface area contributed by atoms with Crippen molar-refractivity contribution in [3.8, 4) is 0 Å². The molecule has 1 aromatic rings. The summed E-state index contributed by atoms with van der Waals surface area (Å²) in [5.74, 6) is 0. The van der Waals surface area contributed by atoms with E-state index in [1.165, 1.54) is 14.1 Å². The summed E-state index contributed by atoms with van der Waals surface area (Å²) in [5, 5.41) is 3.19. The summed E-state index contributed by atoms with van der Waals surface area (Å²) in [5.41, 5.74) is 0. The van der Waals surface area contributed by atoms with Crippen LogP contribution in [-0.4, -0.2) is 45.4 Å². The fourth-order valence-corrected chi connectivity index (χ4v) is 4.17. The van der Waals surface area contributed by atoms with Crippen molar-refractivity contribution in [2.75, 3.05) is 26.7 Å². The van der Waals surface area contributed by atoms with Gasteiger partial charge in [-0.2, -0.15) is 17.4 Å². The predicted molar refractivity (Wildman–Crippen MR) is 90.1 cm³/mol. The molecule has 0 saturated carbocycles. The molecule has 7 heteroatoms. The minimum atomic E-state index is -3.40. The molecule has 2 N–H and O–H groups in total. The number of nitrogens with one attached hydrogen (secondary N) is 2. The van der Waals surface area contributed by atoms with E-state index in [-0.39, 0.29) is 6.04 Å². The summed E-state index contributed by atoms with van der Waals surface area (Å²) in [6, 6.07) is 4.02. The van der Waals surface area contributed by atoms with Gasteiger partial charge in [-0.3, -0.25) is 0 Å². The van der Waals surface area contributed by atoms with E-state index in [1.54, 1.807) is 18.4 Å². The highest BCUT2D eigenvalue weighted by atomic mass is 32.2. The van der Waals surface area contributed by atoms with Gasteiger partial charge in [0.2, 0.25) is 0 Å². The van der Waals surface area contributed by atoms with E-state index in [0.29, 0.717) is 6.54 Å². The highest BCUT2D eigenvalue weighted by molar-refractivity contribution is 7.87. The van der Waals surface area contributed by atoms with Crippen LogP contribution in [0.5, 0.6) is 0 Å². The van der Waals surface area contributed by atoms with E-state index in [9.17, 15) is 8.42 Å². The van der Waals surface area contributed by atoms with Crippen molar-refractivity contribution >= 4 is 21.5 Å². The molecule has 0 aliphatic rings. The summed E-state index contributed by atoms with van der Waals surface area (Å²) in [4.78, 5) is 2.46. The van der Waals surface area contributed by atoms with Gasteiger partial charge in [0.15, 0.2) is 0 Å². The Bertz CT molecular complexity index is 514. The monoisotopic (exact) mass is 333 g/mol. The second-order valence-electron chi connectivity index (χ2n) is 5.27. The van der Waals surface area contributed by atoms with Crippen molar-refractivity contribution in [3.63, 3.8) is 0 Å². The van der Waals surface area contributed by atoms with Crippen LogP contribution >= 0.6 is 11.3 Å². The standard InChI is InChI=1S/C14H27N3O2S2/c1-5-15-9-6-10-17(4)21(18,19)16-12(2)11-14-8-7-13(3)20-14/h7-8,12,15-16H,5-6,9-11H2,1-4H3. The molecule has 1 unspecified atom stereocenters. The highest BCUT2D eigenvalue weighted by Gasteiger charge is 2.20. The van der Waals surface area contributed by atoms with Crippen LogP contribution in [0.25, 0.3) is 0 Å². The molecule has 0 radical (unpaired) electrons. The SMILES string of the molecule is CCNCCCN(C)S(=O)(=O)NC(C)Cc1ccc(C)s1. The van der Waals surface area contributed by atoms with E-state index in [2.05, 4.69) is 29.1 Å². The van der Waals surface area contributed by atoms with Gasteiger partial charge < -0.3 is 5.32 Å². The van der Waals surface area contributed by atoms with Crippen LogP contribution < -0.4 is 10.0 Å². The molecule has 0 fully saturated rings. The molecule has 21 heavy (non-hydrogen) atoms. The lowest BCUT2D eigenvalue weighted by atomic mass is 10.2. The summed E-state index contributed by atoms with van der Waals surface area (Å²) >= 11 is 1.71. The van der Waals surface area contributed by atoms with E-state index < -0.39 is 10.2 Å². The molecule has 0 aliphatic heterocycles. The molecule has 1 aromatic heterocycles. The quantitative estimate of drug-likeness (QED) is 0.641. The molecule has 122 valence electrons. The Morgan fingerprint density at radius 1 is 1.38 bits per heavy atom. The van der Waals surface area contributed by atoms with E-state index in [1.807, 2.05) is 13.8 Å². The second kappa shape index (κ2) is 8.85. The molecule has 5 nitrogen and oxygen atoms in total. The zero-order valence-electron chi connectivity index (χ0n) is 13.3. The highest BCUT2D eigenvalue weighted by Crippen LogP contribution is 2.17. The Morgan fingerprint density at radius 3 is 2.67 bits per heavy atom. The molecule has 0 bridgehead atoms. The maximum atomic E-state index is 12.2. The average molecular weight is 334 g/mol. The fraction of sp³-hybridized carbons (Fsp3) is 0.714. The normalized spacial score (nSPS) is 13.8. The molecule has 0 aliphatic carbocycles. The van der Waals surface area contributed by atoms with Crippen LogP contribution in [0.15, 0.2) is 12.1 Å². The van der Waals surface area contributed by atoms with Gasteiger partial charge in [0.1, 0.15) is 0 Å². The lowest BCUT2D eigenvalue weighted by molar-refractivity contribution is 0.438. The van der Waals surface area contributed by atoms with Crippen LogP contribution in [0.1, 0.15) is 30.0 Å². The summed E-state index contributed by atoms with van der Waals surface area (Å²) < 4.78 is 28.5. The van der Waals surface area contributed by atoms with Crippen LogP contribution in [0.3, 0.4) is 0 Å². The molecule has 0 saturated heterocycles. The van der Waals surface area contributed by atoms with Gasteiger partial charge in [-0.15, -0.1) is 11.3 Å². The Morgan fingerprint density at radius 2 is 2.10 bits per heavy atom. The first-order valence-electron chi connectivity index (χ1n) is 7.34. The Kier molecular flexibility index (Phi) is 7.83. The Hall–Kier alpha value is -0.470. The van der Waals surface area contributed by atoms with Gasteiger partial charge in [-0.25, -0.2) is 0 Å². The molecule has 1 atom stereocenters. The van der Waals surface area contributed by atoms with E-state index in [4.69, 9.17) is 0 Å². The maximum absolute atomic E-state index is 12.2. The Labute approximate surface area is 132 Å². The van der Waals surface area contributed by atoms with Crippen LogP contribution in [0.4, 0.5) is 0 Å². The van der Waals surface area contributed by atoms with Crippen molar-refractivity contribution in [2.24, 2.45) is 0 Å². The summed E-state index contributed by atoms with van der Waals surface area (Å²) in [6.07, 6.45) is 1.53. The zero-order chi connectivity index (χ0) is 15.9. The predicted octanol–water partition coefficient (Wildman–Crippen LogP) is 1.75. The first-order valence-corrected chi connectivity index (χ1v) is 9.60. The van der Waals surface area contributed by atoms with Crippen molar-refractivity contribution in [2.45, 2.75) is 39.7 Å². The van der Waals surface area contributed by atoms with Gasteiger partial charge >= 0.3 is 0 Å². The van der Waals surface area contributed by atoms with Crippen molar-refractivity contribution in [1.29, 1.82) is 0 Å². The van der Waals surface area contributed by atoms with E-state index in [0.717, 1.165) is 25.9 Å². The Balaban J connectivity index is 2.42. The number of aryl methyl sites for hydroxylation is 1. The van der Waals surface area contributed by atoms with Crippen molar-refractivity contribution in [1.82, 2.24) is 14.3 Å². The van der Waals surface area contributed by atoms with Crippen LogP contribution in [-0.2, 0) is 16.6 Å². The van der Waals surface area contributed by atoms with Crippen LogP contribution in [0, 0.1) is 6.92 Å². The van der Waals surface area contributed by atoms with Crippen molar-refractivity contribution < 1.29 is 8.42 Å². The van der Waals surface area contributed by atoms with Gasteiger partial charge in [0.05, 0.1) is 0 Å². The van der Waals surface area contributed by atoms with Crippen LogP contribution in [0.2, 0.25) is 0 Å². The molecular formula is C14H27N3O2S2. The average Bonchev–Trinajstić information content (AvgIpc) is 2.78. The zero-order valence-corrected chi connectivity index (χ0v) is 15.0. The molecule has 0 spiro atoms. The maximum Gasteiger partial charge on any atom is 0.279 e. The number of rotatable bonds is 10. The van der Waals surface area contributed by atoms with Crippen molar-refractivity contribution in [3.05, 3.63) is 21.9 Å². The summed E-state index contributed by atoms with van der Waals surface area (Å²) in [6.45, 7) is 8.26. The first-order chi connectivity index (χ1) is 9.85. The number of hydrogen-bond acceptors (Lipinski definition) is 4. The molecule has 1 rings (SSSR count).